The van der Waals surface area contributed by atoms with Crippen LogP contribution in [-0.4, -0.2) is 95.8 Å². The van der Waals surface area contributed by atoms with E-state index in [2.05, 4.69) is 25.3 Å². The highest BCUT2D eigenvalue weighted by molar-refractivity contribution is 7.88. The zero-order chi connectivity index (χ0) is 25.7. The van der Waals surface area contributed by atoms with Gasteiger partial charge in [0.1, 0.15) is 5.82 Å². The number of hydrogen-bond donors (Lipinski definition) is 1. The standard InChI is InChI=1S/C21H27F3N8O2S2/c1-29-7-9-30(10-8-29)18-16(21(22,23)24)11-14(12-25-18)17-13-26-20-32(17)28-19(35-20)27-15-3-5-31(6-4-15)36(2,33)34/h11-13,15H,3-10H2,1-2H3,(H,27,28). The first-order chi connectivity index (χ1) is 17.0. The van der Waals surface area contributed by atoms with E-state index in [0.717, 1.165) is 6.07 Å². The maximum atomic E-state index is 14.0. The van der Waals surface area contributed by atoms with Crippen LogP contribution in [0.1, 0.15) is 18.4 Å². The van der Waals surface area contributed by atoms with Crippen LogP contribution in [0, 0.1) is 0 Å². The van der Waals surface area contributed by atoms with Gasteiger partial charge in [0.2, 0.25) is 20.1 Å². The Morgan fingerprint density at radius 1 is 1.06 bits per heavy atom. The van der Waals surface area contributed by atoms with E-state index in [1.807, 2.05) is 7.05 Å². The number of imidazole rings is 1. The molecule has 0 aromatic carbocycles. The lowest BCUT2D eigenvalue weighted by Gasteiger charge is -2.34. The number of piperazine rings is 1. The Labute approximate surface area is 210 Å². The van der Waals surface area contributed by atoms with Crippen molar-refractivity contribution in [3.63, 3.8) is 0 Å². The van der Waals surface area contributed by atoms with Gasteiger partial charge in [-0.05, 0) is 26.0 Å². The van der Waals surface area contributed by atoms with Crippen LogP contribution in [-0.2, 0) is 16.2 Å². The summed E-state index contributed by atoms with van der Waals surface area (Å²) in [6.45, 7) is 3.16. The highest BCUT2D eigenvalue weighted by atomic mass is 32.2. The summed E-state index contributed by atoms with van der Waals surface area (Å²) in [5.41, 5.74) is -0.0687. The minimum Gasteiger partial charge on any atom is -0.357 e. The molecule has 15 heteroatoms. The van der Waals surface area contributed by atoms with Gasteiger partial charge >= 0.3 is 6.18 Å². The maximum absolute atomic E-state index is 14.0. The van der Waals surface area contributed by atoms with Gasteiger partial charge in [-0.25, -0.2) is 27.2 Å². The minimum absolute atomic E-state index is 0.0451. The van der Waals surface area contributed by atoms with Crippen LogP contribution < -0.4 is 10.2 Å². The molecule has 0 radical (unpaired) electrons. The third-order valence-electron chi connectivity index (χ3n) is 6.61. The number of halogens is 3. The normalized spacial score (nSPS) is 19.3. The lowest BCUT2D eigenvalue weighted by Crippen LogP contribution is -2.45. The van der Waals surface area contributed by atoms with Gasteiger partial charge in [0.05, 0.1) is 23.7 Å². The fraction of sp³-hybridized carbons (Fsp3) is 0.571. The van der Waals surface area contributed by atoms with Crippen molar-refractivity contribution in [3.8, 4) is 11.3 Å². The van der Waals surface area contributed by atoms with Gasteiger partial charge < -0.3 is 15.1 Å². The summed E-state index contributed by atoms with van der Waals surface area (Å²) in [4.78, 5) is 12.9. The van der Waals surface area contributed by atoms with E-state index in [1.165, 1.54) is 38.8 Å². The fourth-order valence-corrected chi connectivity index (χ4v) is 6.26. The number of sulfonamides is 1. The minimum atomic E-state index is -4.55. The number of fused-ring (bicyclic) bond motifs is 1. The van der Waals surface area contributed by atoms with Crippen LogP contribution in [0.3, 0.4) is 0 Å². The van der Waals surface area contributed by atoms with Crippen LogP contribution in [0.4, 0.5) is 24.1 Å². The van der Waals surface area contributed by atoms with Crippen LogP contribution in [0.5, 0.6) is 0 Å². The number of alkyl halides is 3. The zero-order valence-electron chi connectivity index (χ0n) is 19.9. The van der Waals surface area contributed by atoms with E-state index in [-0.39, 0.29) is 17.4 Å². The van der Waals surface area contributed by atoms with Gasteiger partial charge in [0.15, 0.2) is 0 Å². The number of likely N-dealkylation sites (N-methyl/N-ethyl adjacent to an activating group) is 1. The summed E-state index contributed by atoms with van der Waals surface area (Å²) in [5, 5.41) is 8.42. The van der Waals surface area contributed by atoms with E-state index < -0.39 is 21.8 Å². The average Bonchev–Trinajstić information content (AvgIpc) is 3.39. The van der Waals surface area contributed by atoms with E-state index in [0.29, 0.717) is 67.9 Å². The Hall–Kier alpha value is -2.49. The third kappa shape index (κ3) is 5.14. The van der Waals surface area contributed by atoms with Gasteiger partial charge in [-0.2, -0.15) is 13.2 Å². The molecule has 3 aromatic rings. The van der Waals surface area contributed by atoms with Crippen molar-refractivity contribution >= 4 is 37.3 Å². The molecule has 5 rings (SSSR count). The van der Waals surface area contributed by atoms with Crippen molar-refractivity contribution in [2.24, 2.45) is 0 Å². The molecule has 10 nitrogen and oxygen atoms in total. The van der Waals surface area contributed by atoms with Gasteiger partial charge in [-0.1, -0.05) is 11.3 Å². The molecule has 3 aromatic heterocycles. The molecule has 0 unspecified atom stereocenters. The molecule has 1 N–H and O–H groups in total. The van der Waals surface area contributed by atoms with Crippen LogP contribution >= 0.6 is 11.3 Å². The van der Waals surface area contributed by atoms with Crippen molar-refractivity contribution in [2.75, 3.05) is 62.8 Å². The lowest BCUT2D eigenvalue weighted by molar-refractivity contribution is -0.137. The second-order valence-corrected chi connectivity index (χ2v) is 12.1. The topological polar surface area (TPSA) is 99.0 Å². The number of aromatic nitrogens is 4. The SMILES string of the molecule is CN1CCN(c2ncc(-c3cnc4sc(NC5CCN(S(C)(=O)=O)CC5)nn34)cc2C(F)(F)F)CC1. The van der Waals surface area contributed by atoms with Crippen molar-refractivity contribution in [1.29, 1.82) is 0 Å². The number of piperidine rings is 1. The van der Waals surface area contributed by atoms with Gasteiger partial charge in [-0.15, -0.1) is 5.10 Å². The molecule has 2 saturated heterocycles. The van der Waals surface area contributed by atoms with E-state index in [4.69, 9.17) is 0 Å². The lowest BCUT2D eigenvalue weighted by atomic mass is 10.1. The van der Waals surface area contributed by atoms with E-state index >= 15 is 0 Å². The molecule has 0 atom stereocenters. The first-order valence-electron chi connectivity index (χ1n) is 11.6. The quantitative estimate of drug-likeness (QED) is 0.523. The van der Waals surface area contributed by atoms with Crippen LogP contribution in [0.25, 0.3) is 16.2 Å². The highest BCUT2D eigenvalue weighted by Gasteiger charge is 2.37. The molecule has 0 amide bonds. The molecule has 0 aliphatic carbocycles. The first kappa shape index (κ1) is 25.2. The summed E-state index contributed by atoms with van der Waals surface area (Å²) < 4.78 is 68.5. The largest absolute Gasteiger partial charge is 0.419 e. The molecule has 0 bridgehead atoms. The van der Waals surface area contributed by atoms with Crippen LogP contribution in [0.15, 0.2) is 18.5 Å². The predicted octanol–water partition coefficient (Wildman–Crippen LogP) is 2.46. The van der Waals surface area contributed by atoms with Crippen molar-refractivity contribution in [3.05, 3.63) is 24.0 Å². The Morgan fingerprint density at radius 3 is 2.39 bits per heavy atom. The smallest absolute Gasteiger partial charge is 0.357 e. The Kier molecular flexibility index (Phi) is 6.59. The number of nitrogens with one attached hydrogen (secondary N) is 1. The number of rotatable bonds is 5. The molecular formula is C21H27F3N8O2S2. The molecule has 2 aliphatic heterocycles. The van der Waals surface area contributed by atoms with Crippen molar-refractivity contribution in [1.82, 2.24) is 28.8 Å². The number of pyridine rings is 1. The number of anilines is 2. The van der Waals surface area contributed by atoms with Crippen molar-refractivity contribution < 1.29 is 21.6 Å². The first-order valence-corrected chi connectivity index (χ1v) is 14.2. The number of nitrogens with zero attached hydrogens (tertiary/aromatic N) is 7. The maximum Gasteiger partial charge on any atom is 0.419 e. The van der Waals surface area contributed by atoms with E-state index in [1.54, 1.807) is 4.90 Å². The predicted molar refractivity (Wildman–Crippen MR) is 132 cm³/mol. The van der Waals surface area contributed by atoms with Crippen LogP contribution in [0.2, 0.25) is 0 Å². The Bertz CT molecular complexity index is 1340. The monoisotopic (exact) mass is 544 g/mol. The molecule has 196 valence electrons. The summed E-state index contributed by atoms with van der Waals surface area (Å²) in [6, 6.07) is 1.17. The second kappa shape index (κ2) is 9.43. The summed E-state index contributed by atoms with van der Waals surface area (Å²) >= 11 is 1.29. The molecule has 2 fully saturated rings. The molecular weight excluding hydrogens is 517 g/mol. The highest BCUT2D eigenvalue weighted by Crippen LogP contribution is 2.38. The summed E-state index contributed by atoms with van der Waals surface area (Å²) in [5.74, 6) is -0.0545. The Morgan fingerprint density at radius 2 is 1.75 bits per heavy atom. The fourth-order valence-electron chi connectivity index (χ4n) is 4.53. The molecule has 5 heterocycles. The third-order valence-corrected chi connectivity index (χ3v) is 8.76. The molecule has 36 heavy (non-hydrogen) atoms. The second-order valence-electron chi connectivity index (χ2n) is 9.21. The molecule has 0 spiro atoms. The van der Waals surface area contributed by atoms with Gasteiger partial charge in [0, 0.05) is 57.1 Å². The summed E-state index contributed by atoms with van der Waals surface area (Å²) in [6.07, 6.45) is 0.860. The summed E-state index contributed by atoms with van der Waals surface area (Å²) in [7, 11) is -1.27. The Balaban J connectivity index is 1.38. The van der Waals surface area contributed by atoms with Gasteiger partial charge in [0.25, 0.3) is 0 Å². The average molecular weight is 545 g/mol. The zero-order valence-corrected chi connectivity index (χ0v) is 21.5. The molecule has 0 saturated carbocycles. The van der Waals surface area contributed by atoms with E-state index in [9.17, 15) is 21.6 Å². The van der Waals surface area contributed by atoms with Gasteiger partial charge in [-0.3, -0.25) is 0 Å². The van der Waals surface area contributed by atoms with Crippen molar-refractivity contribution in [2.45, 2.75) is 25.1 Å². The molecule has 2 aliphatic rings. The number of hydrogen-bond acceptors (Lipinski definition) is 9.